The fourth-order valence-corrected chi connectivity index (χ4v) is 4.89. The van der Waals surface area contributed by atoms with Crippen molar-refractivity contribution in [1.29, 1.82) is 0 Å². The van der Waals surface area contributed by atoms with E-state index in [0.717, 1.165) is 46.7 Å². The van der Waals surface area contributed by atoms with E-state index in [2.05, 4.69) is 20.4 Å². The summed E-state index contributed by atoms with van der Waals surface area (Å²) >= 11 is 1.44. The first-order valence-corrected chi connectivity index (χ1v) is 12.0. The van der Waals surface area contributed by atoms with Crippen molar-refractivity contribution >= 4 is 38.6 Å². The van der Waals surface area contributed by atoms with E-state index in [4.69, 9.17) is 14.0 Å². The first-order chi connectivity index (χ1) is 16.6. The molecule has 0 bridgehead atoms. The Balaban J connectivity index is 1.25. The summed E-state index contributed by atoms with van der Waals surface area (Å²) in [6.45, 7) is 3.82. The third-order valence-corrected chi connectivity index (χ3v) is 6.66. The molecular weight excluding hydrogens is 454 g/mol. The van der Waals surface area contributed by atoms with Crippen molar-refractivity contribution < 1.29 is 18.8 Å². The van der Waals surface area contributed by atoms with Crippen LogP contribution in [0.4, 0.5) is 11.1 Å². The quantitative estimate of drug-likeness (QED) is 0.410. The van der Waals surface area contributed by atoms with Gasteiger partial charge in [-0.3, -0.25) is 4.79 Å². The Hall–Kier alpha value is -3.66. The number of rotatable bonds is 7. The summed E-state index contributed by atoms with van der Waals surface area (Å²) in [5.41, 5.74) is 1.68. The van der Waals surface area contributed by atoms with E-state index in [0.29, 0.717) is 30.1 Å². The minimum Gasteiger partial charge on any atom is -0.497 e. The van der Waals surface area contributed by atoms with Crippen molar-refractivity contribution in [2.24, 2.45) is 5.92 Å². The average molecular weight is 480 g/mol. The predicted molar refractivity (Wildman–Crippen MR) is 131 cm³/mol. The lowest BCUT2D eigenvalue weighted by Crippen LogP contribution is -2.41. The summed E-state index contributed by atoms with van der Waals surface area (Å²) in [6, 6.07) is 13.6. The number of piperidine rings is 1. The van der Waals surface area contributed by atoms with Gasteiger partial charge in [-0.25, -0.2) is 4.98 Å². The SMILES string of the molecule is CCOc1ccc2nc(NC(=O)[C@H]3CCCN(c4nc(-c5ccc(OC)cc5)no4)C3)sc2c1. The third-order valence-electron chi connectivity index (χ3n) is 5.73. The van der Waals surface area contributed by atoms with Crippen molar-refractivity contribution in [3.8, 4) is 22.9 Å². The van der Waals surface area contributed by atoms with Crippen LogP contribution in [0.25, 0.3) is 21.6 Å². The van der Waals surface area contributed by atoms with Crippen molar-refractivity contribution in [2.45, 2.75) is 19.8 Å². The van der Waals surface area contributed by atoms with Crippen molar-refractivity contribution in [3.63, 3.8) is 0 Å². The maximum atomic E-state index is 13.0. The van der Waals surface area contributed by atoms with Crippen LogP contribution in [0.5, 0.6) is 11.5 Å². The molecule has 1 amide bonds. The van der Waals surface area contributed by atoms with Crippen LogP contribution in [0.2, 0.25) is 0 Å². The number of ether oxygens (including phenoxy) is 2. The molecule has 4 aromatic rings. The molecule has 0 unspecified atom stereocenters. The number of hydrogen-bond donors (Lipinski definition) is 1. The van der Waals surface area contributed by atoms with E-state index in [1.165, 1.54) is 11.3 Å². The lowest BCUT2D eigenvalue weighted by Gasteiger charge is -2.30. The second-order valence-corrected chi connectivity index (χ2v) is 9.02. The molecule has 0 radical (unpaired) electrons. The summed E-state index contributed by atoms with van der Waals surface area (Å²) in [5, 5.41) is 7.69. The fourth-order valence-electron chi connectivity index (χ4n) is 3.99. The molecule has 1 aliphatic heterocycles. The highest BCUT2D eigenvalue weighted by atomic mass is 32.1. The number of benzene rings is 2. The molecular formula is C24H25N5O4S. The van der Waals surface area contributed by atoms with Gasteiger partial charge < -0.3 is 24.2 Å². The Bertz CT molecular complexity index is 1290. The first-order valence-electron chi connectivity index (χ1n) is 11.2. The van der Waals surface area contributed by atoms with Crippen LogP contribution < -0.4 is 19.7 Å². The molecule has 176 valence electrons. The van der Waals surface area contributed by atoms with Gasteiger partial charge >= 0.3 is 6.01 Å². The van der Waals surface area contributed by atoms with E-state index in [9.17, 15) is 4.79 Å². The number of carbonyl (C=O) groups excluding carboxylic acids is 1. The van der Waals surface area contributed by atoms with Gasteiger partial charge in [-0.15, -0.1) is 0 Å². The molecule has 1 saturated heterocycles. The zero-order valence-corrected chi connectivity index (χ0v) is 19.8. The Labute approximate surface area is 200 Å². The van der Waals surface area contributed by atoms with Gasteiger partial charge in [-0.2, -0.15) is 4.98 Å². The van der Waals surface area contributed by atoms with Gasteiger partial charge in [0.1, 0.15) is 11.5 Å². The van der Waals surface area contributed by atoms with E-state index in [1.807, 2.05) is 54.3 Å². The van der Waals surface area contributed by atoms with Crippen LogP contribution >= 0.6 is 11.3 Å². The average Bonchev–Trinajstić information content (AvgIpc) is 3.51. The molecule has 9 nitrogen and oxygen atoms in total. The number of hydrogen-bond acceptors (Lipinski definition) is 9. The minimum absolute atomic E-state index is 0.0521. The molecule has 2 aromatic heterocycles. The van der Waals surface area contributed by atoms with Gasteiger partial charge in [-0.05, 0) is 62.2 Å². The standard InChI is InChI=1S/C24H25N5O4S/c1-3-32-18-10-11-19-20(13-18)34-23(25-19)27-22(30)16-5-4-12-29(14-16)24-26-21(28-33-24)15-6-8-17(31-2)9-7-15/h6-11,13,16H,3-5,12,14H2,1-2H3,(H,25,27,30)/t16-/m0/s1. The number of nitrogens with one attached hydrogen (secondary N) is 1. The maximum absolute atomic E-state index is 13.0. The number of fused-ring (bicyclic) bond motifs is 1. The molecule has 1 fully saturated rings. The monoisotopic (exact) mass is 479 g/mol. The molecule has 0 aliphatic carbocycles. The molecule has 34 heavy (non-hydrogen) atoms. The first kappa shape index (κ1) is 22.1. The van der Waals surface area contributed by atoms with E-state index in [-0.39, 0.29) is 11.8 Å². The van der Waals surface area contributed by atoms with Gasteiger partial charge in [0.15, 0.2) is 5.13 Å². The second kappa shape index (κ2) is 9.68. The Kier molecular flexibility index (Phi) is 6.31. The summed E-state index contributed by atoms with van der Waals surface area (Å²) in [7, 11) is 1.62. The van der Waals surface area contributed by atoms with Gasteiger partial charge in [0.05, 0.1) is 29.9 Å². The topological polar surface area (TPSA) is 103 Å². The molecule has 0 spiro atoms. The van der Waals surface area contributed by atoms with E-state index in [1.54, 1.807) is 7.11 Å². The smallest absolute Gasteiger partial charge is 0.324 e. The van der Waals surface area contributed by atoms with Crippen LogP contribution in [-0.4, -0.2) is 47.8 Å². The minimum atomic E-state index is -0.198. The molecule has 3 heterocycles. The Morgan fingerprint density at radius 2 is 2.03 bits per heavy atom. The Morgan fingerprint density at radius 1 is 1.21 bits per heavy atom. The van der Waals surface area contributed by atoms with E-state index < -0.39 is 0 Å². The summed E-state index contributed by atoms with van der Waals surface area (Å²) in [5.74, 6) is 1.82. The largest absolute Gasteiger partial charge is 0.497 e. The van der Waals surface area contributed by atoms with Gasteiger partial charge in [0.2, 0.25) is 11.7 Å². The summed E-state index contributed by atoms with van der Waals surface area (Å²) in [6.07, 6.45) is 1.65. The molecule has 1 N–H and O–H groups in total. The van der Waals surface area contributed by atoms with E-state index >= 15 is 0 Å². The number of carbonyl (C=O) groups is 1. The third kappa shape index (κ3) is 4.67. The number of amides is 1. The highest BCUT2D eigenvalue weighted by Gasteiger charge is 2.29. The Morgan fingerprint density at radius 3 is 2.82 bits per heavy atom. The molecule has 10 heteroatoms. The van der Waals surface area contributed by atoms with Crippen LogP contribution in [-0.2, 0) is 4.79 Å². The number of methoxy groups -OCH3 is 1. The molecule has 2 aromatic carbocycles. The maximum Gasteiger partial charge on any atom is 0.324 e. The van der Waals surface area contributed by atoms with Gasteiger partial charge in [0.25, 0.3) is 0 Å². The van der Waals surface area contributed by atoms with Crippen molar-refractivity contribution in [1.82, 2.24) is 15.1 Å². The zero-order chi connectivity index (χ0) is 23.5. The number of thiazole rings is 1. The van der Waals surface area contributed by atoms with Crippen LogP contribution in [0.1, 0.15) is 19.8 Å². The lowest BCUT2D eigenvalue weighted by atomic mass is 9.97. The van der Waals surface area contributed by atoms with Gasteiger partial charge in [0, 0.05) is 18.7 Å². The molecule has 0 saturated carbocycles. The molecule has 1 aliphatic rings. The molecule has 1 atom stereocenters. The summed E-state index contributed by atoms with van der Waals surface area (Å²) < 4.78 is 17.2. The van der Waals surface area contributed by atoms with Crippen LogP contribution in [0.15, 0.2) is 47.0 Å². The van der Waals surface area contributed by atoms with Gasteiger partial charge in [-0.1, -0.05) is 16.5 Å². The van der Waals surface area contributed by atoms with Crippen molar-refractivity contribution in [3.05, 3.63) is 42.5 Å². The normalized spacial score (nSPS) is 15.9. The second-order valence-electron chi connectivity index (χ2n) is 7.99. The highest BCUT2D eigenvalue weighted by Crippen LogP contribution is 2.31. The molecule has 5 rings (SSSR count). The number of aromatic nitrogens is 3. The fraction of sp³-hybridized carbons (Fsp3) is 0.333. The number of anilines is 2. The van der Waals surface area contributed by atoms with Crippen LogP contribution in [0, 0.1) is 5.92 Å². The number of nitrogens with zero attached hydrogens (tertiary/aromatic N) is 4. The lowest BCUT2D eigenvalue weighted by molar-refractivity contribution is -0.120. The highest BCUT2D eigenvalue weighted by molar-refractivity contribution is 7.22. The zero-order valence-electron chi connectivity index (χ0n) is 19.0. The predicted octanol–water partition coefficient (Wildman–Crippen LogP) is 4.61. The van der Waals surface area contributed by atoms with Crippen molar-refractivity contribution in [2.75, 3.05) is 37.0 Å². The van der Waals surface area contributed by atoms with Crippen LogP contribution in [0.3, 0.4) is 0 Å². The summed E-state index contributed by atoms with van der Waals surface area (Å²) in [4.78, 5) is 24.1.